The molecule has 0 bridgehead atoms. The molecule has 224 valence electrons. The second kappa shape index (κ2) is 9.65. The molecule has 0 saturated heterocycles. The van der Waals surface area contributed by atoms with Crippen molar-refractivity contribution in [1.82, 2.24) is 0 Å². The third-order valence-corrected chi connectivity index (χ3v) is 10.0. The number of nitrogens with two attached hydrogens (primary N) is 1. The molecule has 8 atom stereocenters. The standard InChI is InChI=1S/C33H45NO7/c1-15(2)18-12-17(10-11-30(5,6)7)24(35)20-19(18)13-31(8)14-32(9)22(16(3)4)26(37)21(29(34)40)27(38)33(32,41)28(39)23(31)25(20)36/h12,15-16,21-23,26,28,35,37,39,41H,13-14H2,1-9H3,(H2,34,40)/t21-,22+,23-,26?,28?,31-,32-,33+/m1/s1. The Morgan fingerprint density at radius 2 is 1.71 bits per heavy atom. The predicted molar refractivity (Wildman–Crippen MR) is 154 cm³/mol. The van der Waals surface area contributed by atoms with Crippen molar-refractivity contribution in [1.29, 1.82) is 0 Å². The van der Waals surface area contributed by atoms with Gasteiger partial charge in [-0.15, -0.1) is 0 Å². The lowest BCUT2D eigenvalue weighted by atomic mass is 9.39. The lowest BCUT2D eigenvalue weighted by Crippen LogP contribution is -2.79. The van der Waals surface area contributed by atoms with Crippen molar-refractivity contribution in [2.24, 2.45) is 45.7 Å². The van der Waals surface area contributed by atoms with Crippen molar-refractivity contribution >= 4 is 17.5 Å². The number of primary amides is 1. The molecular weight excluding hydrogens is 522 g/mol. The number of rotatable bonds is 3. The highest BCUT2D eigenvalue weighted by Gasteiger charge is 2.76. The van der Waals surface area contributed by atoms with E-state index in [4.69, 9.17) is 5.73 Å². The number of hydrogen-bond acceptors (Lipinski definition) is 7. The van der Waals surface area contributed by atoms with Crippen molar-refractivity contribution < 1.29 is 34.8 Å². The number of phenolic OH excluding ortho intramolecular Hbond substituents is 1. The molecule has 3 aliphatic carbocycles. The third-order valence-electron chi connectivity index (χ3n) is 10.0. The van der Waals surface area contributed by atoms with Crippen LogP contribution >= 0.6 is 0 Å². The van der Waals surface area contributed by atoms with Gasteiger partial charge in [0.25, 0.3) is 0 Å². The Labute approximate surface area is 242 Å². The van der Waals surface area contributed by atoms with E-state index >= 15 is 0 Å². The zero-order valence-electron chi connectivity index (χ0n) is 25.6. The highest BCUT2D eigenvalue weighted by molar-refractivity contribution is 6.09. The van der Waals surface area contributed by atoms with Crippen LogP contribution in [0.3, 0.4) is 0 Å². The van der Waals surface area contributed by atoms with Gasteiger partial charge in [0.05, 0.1) is 23.1 Å². The normalized spacial score (nSPS) is 36.8. The first-order chi connectivity index (χ1) is 18.6. The third kappa shape index (κ3) is 4.35. The van der Waals surface area contributed by atoms with Crippen LogP contribution in [0.4, 0.5) is 0 Å². The molecular formula is C33H45NO7. The smallest absolute Gasteiger partial charge is 0.230 e. The molecule has 4 rings (SSSR count). The number of ketones is 2. The molecule has 1 aromatic rings. The monoisotopic (exact) mass is 567 g/mol. The van der Waals surface area contributed by atoms with Gasteiger partial charge in [0, 0.05) is 10.8 Å². The van der Waals surface area contributed by atoms with E-state index in [1.54, 1.807) is 6.92 Å². The number of aromatic hydroxyl groups is 1. The van der Waals surface area contributed by atoms with Crippen LogP contribution < -0.4 is 5.73 Å². The van der Waals surface area contributed by atoms with Gasteiger partial charge in [-0.25, -0.2) is 0 Å². The Bertz CT molecular complexity index is 1380. The maximum atomic E-state index is 14.4. The van der Waals surface area contributed by atoms with Crippen LogP contribution in [0.15, 0.2) is 6.07 Å². The first kappa shape index (κ1) is 31.2. The van der Waals surface area contributed by atoms with Gasteiger partial charge in [0.15, 0.2) is 17.2 Å². The summed E-state index contributed by atoms with van der Waals surface area (Å²) < 4.78 is 0. The minimum atomic E-state index is -2.53. The van der Waals surface area contributed by atoms with E-state index < -0.39 is 63.9 Å². The van der Waals surface area contributed by atoms with E-state index in [9.17, 15) is 34.8 Å². The van der Waals surface area contributed by atoms with Crippen LogP contribution in [0.5, 0.6) is 5.75 Å². The van der Waals surface area contributed by atoms with E-state index in [1.165, 1.54) is 0 Å². The number of carbonyl (C=O) groups excluding carboxylic acids is 3. The fourth-order valence-electron chi connectivity index (χ4n) is 8.49. The van der Waals surface area contributed by atoms with Crippen molar-refractivity contribution in [3.05, 3.63) is 28.3 Å². The highest BCUT2D eigenvalue weighted by atomic mass is 16.4. The molecule has 1 amide bonds. The van der Waals surface area contributed by atoms with Crippen LogP contribution in [0, 0.1) is 51.8 Å². The number of carbonyl (C=O) groups is 3. The molecule has 2 unspecified atom stereocenters. The number of hydrogen-bond donors (Lipinski definition) is 5. The molecule has 2 saturated carbocycles. The Hall–Kier alpha value is -2.73. The summed E-state index contributed by atoms with van der Waals surface area (Å²) in [5, 5.41) is 46.9. The number of Topliss-reactive ketones (excluding diaryl/α,β-unsaturated/α-hetero) is 2. The predicted octanol–water partition coefficient (Wildman–Crippen LogP) is 3.09. The summed E-state index contributed by atoms with van der Waals surface area (Å²) in [4.78, 5) is 40.6. The summed E-state index contributed by atoms with van der Waals surface area (Å²) >= 11 is 0. The zero-order chi connectivity index (χ0) is 31.2. The Kier molecular flexibility index (Phi) is 7.35. The summed E-state index contributed by atoms with van der Waals surface area (Å²) in [6.45, 7) is 17.0. The molecule has 41 heavy (non-hydrogen) atoms. The van der Waals surface area contributed by atoms with Crippen molar-refractivity contribution in [2.45, 2.75) is 98.9 Å². The topological polar surface area (TPSA) is 158 Å². The van der Waals surface area contributed by atoms with Gasteiger partial charge >= 0.3 is 0 Å². The quantitative estimate of drug-likeness (QED) is 0.277. The summed E-state index contributed by atoms with van der Waals surface area (Å²) in [6.07, 6.45) is -2.95. The lowest BCUT2D eigenvalue weighted by Gasteiger charge is -2.66. The number of phenols is 1. The van der Waals surface area contributed by atoms with Gasteiger partial charge < -0.3 is 26.2 Å². The van der Waals surface area contributed by atoms with Crippen LogP contribution in [0.25, 0.3) is 0 Å². The summed E-state index contributed by atoms with van der Waals surface area (Å²) in [5.41, 5.74) is 2.22. The second-order valence-corrected chi connectivity index (χ2v) is 14.9. The van der Waals surface area contributed by atoms with Crippen LogP contribution in [0.1, 0.15) is 102 Å². The van der Waals surface area contributed by atoms with Crippen molar-refractivity contribution in [3.63, 3.8) is 0 Å². The highest BCUT2D eigenvalue weighted by Crippen LogP contribution is 2.66. The van der Waals surface area contributed by atoms with E-state index in [-0.39, 0.29) is 35.0 Å². The second-order valence-electron chi connectivity index (χ2n) is 14.9. The van der Waals surface area contributed by atoms with E-state index in [2.05, 4.69) is 11.8 Å². The summed E-state index contributed by atoms with van der Waals surface area (Å²) in [6, 6.07) is 1.83. The Morgan fingerprint density at radius 1 is 1.12 bits per heavy atom. The Balaban J connectivity index is 1.99. The minimum absolute atomic E-state index is 0.00802. The average Bonchev–Trinajstić information content (AvgIpc) is 2.79. The minimum Gasteiger partial charge on any atom is -0.506 e. The molecule has 8 nitrogen and oxygen atoms in total. The van der Waals surface area contributed by atoms with Gasteiger partial charge in [-0.2, -0.15) is 0 Å². The van der Waals surface area contributed by atoms with Gasteiger partial charge in [-0.1, -0.05) is 53.4 Å². The van der Waals surface area contributed by atoms with Crippen molar-refractivity contribution in [3.8, 4) is 17.6 Å². The first-order valence-electron chi connectivity index (χ1n) is 14.5. The van der Waals surface area contributed by atoms with Crippen LogP contribution in [0.2, 0.25) is 0 Å². The molecule has 0 aliphatic heterocycles. The summed E-state index contributed by atoms with van der Waals surface area (Å²) in [5.74, 6) is -0.959. The maximum Gasteiger partial charge on any atom is 0.230 e. The van der Waals surface area contributed by atoms with E-state index in [0.717, 1.165) is 5.56 Å². The van der Waals surface area contributed by atoms with Gasteiger partial charge in [-0.05, 0) is 74.0 Å². The van der Waals surface area contributed by atoms with Crippen molar-refractivity contribution in [2.75, 3.05) is 0 Å². The lowest BCUT2D eigenvalue weighted by molar-refractivity contribution is -0.265. The van der Waals surface area contributed by atoms with E-state index in [1.807, 2.05) is 61.5 Å². The summed E-state index contributed by atoms with van der Waals surface area (Å²) in [7, 11) is 0. The molecule has 1 aromatic carbocycles. The van der Waals surface area contributed by atoms with Gasteiger partial charge in [0.1, 0.15) is 17.8 Å². The van der Waals surface area contributed by atoms with Crippen LogP contribution in [-0.2, 0) is 16.0 Å². The molecule has 6 N–H and O–H groups in total. The fourth-order valence-corrected chi connectivity index (χ4v) is 8.49. The number of amides is 1. The maximum absolute atomic E-state index is 14.4. The molecule has 0 aromatic heterocycles. The number of aliphatic hydroxyl groups excluding tert-OH is 2. The average molecular weight is 568 g/mol. The SMILES string of the molecule is CC(C)c1cc(C#CC(C)(C)C)c(O)c2c1C[C@]1(C)C[C@]3(C)[C@@H](C(C)C)C(O)[C@@H](C(N)=O)C(=O)[C@]3(O)C(O)[C@H]1C2=O. The Morgan fingerprint density at radius 3 is 2.20 bits per heavy atom. The molecule has 3 aliphatic rings. The van der Waals surface area contributed by atoms with Gasteiger partial charge in [0.2, 0.25) is 5.91 Å². The van der Waals surface area contributed by atoms with E-state index in [0.29, 0.717) is 17.5 Å². The van der Waals surface area contributed by atoms with Gasteiger partial charge in [-0.3, -0.25) is 14.4 Å². The largest absolute Gasteiger partial charge is 0.506 e. The number of aliphatic hydroxyl groups is 3. The first-order valence-corrected chi connectivity index (χ1v) is 14.5. The fraction of sp³-hybridized carbons (Fsp3) is 0.667. The molecule has 0 heterocycles. The van der Waals surface area contributed by atoms with Crippen LogP contribution in [-0.4, -0.2) is 55.7 Å². The number of fused-ring (bicyclic) bond motifs is 3. The molecule has 0 spiro atoms. The molecule has 2 fully saturated rings. The molecule has 0 radical (unpaired) electrons. The molecule has 8 heteroatoms. The number of benzene rings is 1. The zero-order valence-corrected chi connectivity index (χ0v) is 25.6.